The van der Waals surface area contributed by atoms with E-state index in [0.717, 1.165) is 6.42 Å². The number of aliphatic carboxylic acids is 1. The number of hydrogen-bond acceptors (Lipinski definition) is 6. The van der Waals surface area contributed by atoms with Crippen molar-refractivity contribution in [1.82, 2.24) is 10.6 Å². The van der Waals surface area contributed by atoms with Crippen LogP contribution in [0.5, 0.6) is 0 Å². The summed E-state index contributed by atoms with van der Waals surface area (Å²) < 4.78 is 4.98. The normalized spacial score (nSPS) is 30.2. The fourth-order valence-corrected chi connectivity index (χ4v) is 3.11. The summed E-state index contributed by atoms with van der Waals surface area (Å²) in [5.41, 5.74) is 5.44. The third kappa shape index (κ3) is 4.51. The number of amides is 2. The minimum atomic E-state index is -1.14. The van der Waals surface area contributed by atoms with E-state index in [1.54, 1.807) is 0 Å². The number of hydrogen-bond donors (Lipinski definition) is 4. The summed E-state index contributed by atoms with van der Waals surface area (Å²) >= 11 is 0. The Labute approximate surface area is 152 Å². The summed E-state index contributed by atoms with van der Waals surface area (Å²) in [5, 5.41) is 14.4. The van der Waals surface area contributed by atoms with Crippen LogP contribution in [-0.2, 0) is 23.9 Å². The Balaban J connectivity index is 1.82. The van der Waals surface area contributed by atoms with Crippen LogP contribution in [0.4, 0.5) is 0 Å². The van der Waals surface area contributed by atoms with E-state index in [-0.39, 0.29) is 36.2 Å². The summed E-state index contributed by atoms with van der Waals surface area (Å²) in [5.74, 6) is -2.77. The van der Waals surface area contributed by atoms with E-state index in [2.05, 4.69) is 10.6 Å². The van der Waals surface area contributed by atoms with Gasteiger partial charge in [0.05, 0.1) is 6.04 Å². The molecule has 2 rings (SSSR count). The average Bonchev–Trinajstić information content (AvgIpc) is 3.28. The molecule has 2 amide bonds. The average molecular weight is 369 g/mol. The van der Waals surface area contributed by atoms with Gasteiger partial charge >= 0.3 is 11.9 Å². The topological polar surface area (TPSA) is 148 Å². The van der Waals surface area contributed by atoms with Crippen LogP contribution in [0.2, 0.25) is 0 Å². The van der Waals surface area contributed by atoms with Gasteiger partial charge in [0, 0.05) is 6.04 Å². The van der Waals surface area contributed by atoms with E-state index in [9.17, 15) is 24.3 Å². The maximum Gasteiger partial charge on any atom is 0.326 e. The lowest BCUT2D eigenvalue weighted by molar-refractivity contribution is -0.193. The number of carbonyl (C=O) groups excluding carboxylic acids is 3. The molecule has 2 aliphatic rings. The van der Waals surface area contributed by atoms with Gasteiger partial charge in [0.1, 0.15) is 12.0 Å². The van der Waals surface area contributed by atoms with E-state index in [4.69, 9.17) is 10.5 Å². The zero-order valence-electron chi connectivity index (χ0n) is 15.2. The van der Waals surface area contributed by atoms with Crippen molar-refractivity contribution < 1.29 is 29.0 Å². The number of cyclic esters (lactones) is 1. The van der Waals surface area contributed by atoms with Crippen molar-refractivity contribution in [3.63, 3.8) is 0 Å². The number of carboxylic acid groups (broad SMARTS) is 1. The molecule has 0 bridgehead atoms. The molecule has 0 aromatic carbocycles. The molecule has 1 heterocycles. The van der Waals surface area contributed by atoms with Crippen LogP contribution in [0.25, 0.3) is 0 Å². The van der Waals surface area contributed by atoms with Crippen molar-refractivity contribution in [2.45, 2.75) is 64.3 Å². The van der Waals surface area contributed by atoms with Gasteiger partial charge in [-0.25, -0.2) is 4.79 Å². The SMILES string of the molecule is CC[C@H](C)[C@@H]1C(=O)O[C@H]1C(=O)N[C@H]1C[C@@H]1C[C@@H](NC(=O)[C@H](C)N)C(=O)O. The molecule has 146 valence electrons. The van der Waals surface area contributed by atoms with Crippen LogP contribution in [0.1, 0.15) is 40.0 Å². The van der Waals surface area contributed by atoms with Crippen molar-refractivity contribution in [1.29, 1.82) is 0 Å². The second-order valence-electron chi connectivity index (χ2n) is 7.30. The van der Waals surface area contributed by atoms with Gasteiger partial charge in [-0.3, -0.25) is 14.4 Å². The van der Waals surface area contributed by atoms with Crippen molar-refractivity contribution in [3.05, 3.63) is 0 Å². The second kappa shape index (κ2) is 8.03. The molecule has 1 saturated carbocycles. The molecule has 0 aromatic rings. The van der Waals surface area contributed by atoms with Gasteiger partial charge in [0.15, 0.2) is 6.10 Å². The lowest BCUT2D eigenvalue weighted by Gasteiger charge is -2.37. The number of nitrogens with two attached hydrogens (primary N) is 1. The predicted molar refractivity (Wildman–Crippen MR) is 90.7 cm³/mol. The number of nitrogens with one attached hydrogen (secondary N) is 2. The highest BCUT2D eigenvalue weighted by Gasteiger charge is 2.51. The van der Waals surface area contributed by atoms with E-state index in [0.29, 0.717) is 6.42 Å². The predicted octanol–water partition coefficient (Wildman–Crippen LogP) is -0.614. The molecular weight excluding hydrogens is 342 g/mol. The molecule has 9 nitrogen and oxygen atoms in total. The fraction of sp³-hybridized carbons (Fsp3) is 0.765. The molecule has 7 atom stereocenters. The highest BCUT2D eigenvalue weighted by Crippen LogP contribution is 2.37. The zero-order valence-corrected chi connectivity index (χ0v) is 15.2. The smallest absolute Gasteiger partial charge is 0.326 e. The van der Waals surface area contributed by atoms with Gasteiger partial charge in [-0.2, -0.15) is 0 Å². The van der Waals surface area contributed by atoms with E-state index >= 15 is 0 Å². The van der Waals surface area contributed by atoms with Crippen LogP contribution in [0, 0.1) is 17.8 Å². The van der Waals surface area contributed by atoms with Gasteiger partial charge < -0.3 is 26.2 Å². The molecule has 1 aliphatic carbocycles. The first-order valence-electron chi connectivity index (χ1n) is 8.95. The van der Waals surface area contributed by atoms with Gasteiger partial charge in [0.2, 0.25) is 5.91 Å². The lowest BCUT2D eigenvalue weighted by atomic mass is 9.83. The number of carbonyl (C=O) groups is 4. The monoisotopic (exact) mass is 369 g/mol. The molecule has 9 heteroatoms. The number of esters is 1. The highest BCUT2D eigenvalue weighted by molar-refractivity contribution is 5.94. The number of ether oxygens (including phenoxy) is 1. The minimum Gasteiger partial charge on any atom is -0.480 e. The quantitative estimate of drug-likeness (QED) is 0.396. The lowest BCUT2D eigenvalue weighted by Crippen LogP contribution is -2.56. The van der Waals surface area contributed by atoms with Crippen LogP contribution in [0.15, 0.2) is 0 Å². The summed E-state index contributed by atoms with van der Waals surface area (Å²) in [6.45, 7) is 5.33. The maximum atomic E-state index is 12.3. The van der Waals surface area contributed by atoms with Gasteiger partial charge in [0.25, 0.3) is 5.91 Å². The number of carboxylic acids is 1. The Morgan fingerprint density at radius 1 is 1.35 bits per heavy atom. The summed E-state index contributed by atoms with van der Waals surface area (Å²) in [4.78, 5) is 46.8. The molecule has 0 aromatic heterocycles. The fourth-order valence-electron chi connectivity index (χ4n) is 3.11. The van der Waals surface area contributed by atoms with Crippen molar-refractivity contribution in [2.75, 3.05) is 0 Å². The van der Waals surface area contributed by atoms with Crippen molar-refractivity contribution in [3.8, 4) is 0 Å². The van der Waals surface area contributed by atoms with E-state index in [1.165, 1.54) is 6.92 Å². The van der Waals surface area contributed by atoms with Crippen LogP contribution in [0.3, 0.4) is 0 Å². The Morgan fingerprint density at radius 3 is 2.50 bits per heavy atom. The van der Waals surface area contributed by atoms with Gasteiger partial charge in [-0.15, -0.1) is 0 Å². The van der Waals surface area contributed by atoms with Crippen LogP contribution >= 0.6 is 0 Å². The molecule has 0 unspecified atom stereocenters. The first-order chi connectivity index (χ1) is 12.1. The molecule has 26 heavy (non-hydrogen) atoms. The van der Waals surface area contributed by atoms with Crippen LogP contribution < -0.4 is 16.4 Å². The first kappa shape index (κ1) is 20.2. The first-order valence-corrected chi connectivity index (χ1v) is 8.95. The molecule has 1 aliphatic heterocycles. The van der Waals surface area contributed by atoms with Crippen molar-refractivity contribution >= 4 is 23.8 Å². The van der Waals surface area contributed by atoms with E-state index < -0.39 is 36.0 Å². The second-order valence-corrected chi connectivity index (χ2v) is 7.30. The largest absolute Gasteiger partial charge is 0.480 e. The standard InChI is InChI=1S/C17H27N3O6/c1-4-7(2)12-13(26-17(12)25)15(22)19-10-5-9(10)6-11(16(23)24)20-14(21)8(3)18/h7-13H,4-6,18H2,1-3H3,(H,19,22)(H,20,21)(H,23,24)/t7-,8-,9+,10-,11+,12-,13+/m0/s1. The summed E-state index contributed by atoms with van der Waals surface area (Å²) in [6, 6.07) is -2.01. The third-order valence-electron chi connectivity index (χ3n) is 5.17. The highest BCUT2D eigenvalue weighted by atomic mass is 16.6. The Kier molecular flexibility index (Phi) is 6.22. The Hall–Kier alpha value is -2.16. The maximum absolute atomic E-state index is 12.3. The molecule has 1 saturated heterocycles. The van der Waals surface area contributed by atoms with Crippen molar-refractivity contribution in [2.24, 2.45) is 23.5 Å². The minimum absolute atomic E-state index is 0.0498. The molecular formula is C17H27N3O6. The molecule has 0 spiro atoms. The molecule has 0 radical (unpaired) electrons. The molecule has 5 N–H and O–H groups in total. The van der Waals surface area contributed by atoms with Crippen LogP contribution in [-0.4, -0.2) is 53.1 Å². The Morgan fingerprint density at radius 2 is 2.00 bits per heavy atom. The van der Waals surface area contributed by atoms with E-state index in [1.807, 2.05) is 13.8 Å². The van der Waals surface area contributed by atoms with Gasteiger partial charge in [-0.1, -0.05) is 20.3 Å². The third-order valence-corrected chi connectivity index (χ3v) is 5.17. The van der Waals surface area contributed by atoms with Gasteiger partial charge in [-0.05, 0) is 31.6 Å². The summed E-state index contributed by atoms with van der Waals surface area (Å²) in [6.07, 6.45) is 0.831. The Bertz CT molecular complexity index is 593. The zero-order chi connectivity index (χ0) is 19.6. The molecule has 2 fully saturated rings. The summed E-state index contributed by atoms with van der Waals surface area (Å²) in [7, 11) is 0. The number of rotatable bonds is 9.